The molecular weight excluding hydrogens is 356 g/mol. The summed E-state index contributed by atoms with van der Waals surface area (Å²) in [5.41, 5.74) is 1.11. The first-order valence-electron chi connectivity index (χ1n) is 10.1. The number of nitrogens with one attached hydrogen (secondary N) is 1. The van der Waals surface area contributed by atoms with Crippen LogP contribution in [0.25, 0.3) is 0 Å². The molecule has 1 aromatic carbocycles. The van der Waals surface area contributed by atoms with Gasteiger partial charge in [0, 0.05) is 19.5 Å². The number of nitrogens with zero attached hydrogens (tertiary/aromatic N) is 3. The smallest absolute Gasteiger partial charge is 0.230 e. The number of carbonyl (C=O) groups is 1. The molecule has 0 aliphatic heterocycles. The van der Waals surface area contributed by atoms with Crippen LogP contribution in [0.15, 0.2) is 35.5 Å². The van der Waals surface area contributed by atoms with Crippen molar-refractivity contribution in [1.29, 1.82) is 0 Å². The van der Waals surface area contributed by atoms with Crippen LogP contribution in [0.2, 0.25) is 0 Å². The molecule has 1 aromatic heterocycles. The zero-order chi connectivity index (χ0) is 18.9. The number of carbonyl (C=O) groups excluding carboxylic acids is 1. The molecule has 27 heavy (non-hydrogen) atoms. The molecule has 2 aromatic rings. The largest absolute Gasteiger partial charge is 0.351 e. The first kappa shape index (κ1) is 19.9. The fourth-order valence-electron chi connectivity index (χ4n) is 3.72. The lowest BCUT2D eigenvalue weighted by atomic mass is 9.86. The van der Waals surface area contributed by atoms with Crippen molar-refractivity contribution in [3.05, 3.63) is 41.7 Å². The van der Waals surface area contributed by atoms with Crippen molar-refractivity contribution in [1.82, 2.24) is 20.1 Å². The van der Waals surface area contributed by atoms with Crippen LogP contribution in [0.1, 0.15) is 56.8 Å². The van der Waals surface area contributed by atoms with Crippen LogP contribution in [-0.4, -0.2) is 26.4 Å². The molecule has 0 spiro atoms. The number of amides is 1. The van der Waals surface area contributed by atoms with Gasteiger partial charge in [-0.2, -0.15) is 0 Å². The molecule has 0 atom stereocenters. The molecule has 3 rings (SSSR count). The topological polar surface area (TPSA) is 59.8 Å². The molecule has 1 N–H and O–H groups in total. The van der Waals surface area contributed by atoms with Crippen molar-refractivity contribution >= 4 is 17.7 Å². The maximum Gasteiger partial charge on any atom is 0.230 e. The molecule has 0 radical (unpaired) electrons. The minimum Gasteiger partial charge on any atom is -0.351 e. The molecule has 1 fully saturated rings. The van der Waals surface area contributed by atoms with Gasteiger partial charge in [0.1, 0.15) is 5.82 Å². The van der Waals surface area contributed by atoms with E-state index < -0.39 is 0 Å². The molecule has 1 amide bonds. The molecule has 6 heteroatoms. The molecule has 0 bridgehead atoms. The lowest BCUT2D eigenvalue weighted by molar-refractivity contribution is -0.118. The van der Waals surface area contributed by atoms with Gasteiger partial charge in [0.2, 0.25) is 5.91 Å². The van der Waals surface area contributed by atoms with Gasteiger partial charge in [-0.3, -0.25) is 4.79 Å². The first-order valence-corrected chi connectivity index (χ1v) is 11.1. The zero-order valence-electron chi connectivity index (χ0n) is 16.2. The highest BCUT2D eigenvalue weighted by Gasteiger charge is 2.17. The van der Waals surface area contributed by atoms with E-state index in [-0.39, 0.29) is 5.91 Å². The Morgan fingerprint density at radius 2 is 1.96 bits per heavy atom. The summed E-state index contributed by atoms with van der Waals surface area (Å²) in [7, 11) is 0. The summed E-state index contributed by atoms with van der Waals surface area (Å²) >= 11 is 1.47. The molecule has 0 saturated heterocycles. The predicted octanol–water partition coefficient (Wildman–Crippen LogP) is 4.22. The third-order valence-corrected chi connectivity index (χ3v) is 6.24. The Hall–Kier alpha value is -1.82. The van der Waals surface area contributed by atoms with E-state index in [1.54, 1.807) is 0 Å². The van der Waals surface area contributed by atoms with Gasteiger partial charge in [-0.15, -0.1) is 10.2 Å². The van der Waals surface area contributed by atoms with Crippen LogP contribution >= 0.6 is 11.8 Å². The van der Waals surface area contributed by atoms with Gasteiger partial charge in [-0.05, 0) is 24.8 Å². The van der Waals surface area contributed by atoms with Gasteiger partial charge in [-0.1, -0.05) is 74.2 Å². The van der Waals surface area contributed by atoms with Gasteiger partial charge >= 0.3 is 0 Å². The molecule has 1 heterocycles. The van der Waals surface area contributed by atoms with Gasteiger partial charge in [0.05, 0.1) is 5.75 Å². The fraction of sp³-hybridized carbons (Fsp3) is 0.571. The summed E-state index contributed by atoms with van der Waals surface area (Å²) in [6, 6.07) is 9.97. The van der Waals surface area contributed by atoms with E-state index in [2.05, 4.69) is 27.0 Å². The highest BCUT2D eigenvalue weighted by atomic mass is 32.2. The van der Waals surface area contributed by atoms with Crippen LogP contribution in [-0.2, 0) is 24.3 Å². The average molecular weight is 387 g/mol. The van der Waals surface area contributed by atoms with E-state index in [0.717, 1.165) is 35.4 Å². The quantitative estimate of drug-likeness (QED) is 0.656. The summed E-state index contributed by atoms with van der Waals surface area (Å²) < 4.78 is 2.16. The predicted molar refractivity (Wildman–Crippen MR) is 110 cm³/mol. The van der Waals surface area contributed by atoms with Crippen LogP contribution in [0.5, 0.6) is 0 Å². The molecule has 0 unspecified atom stereocenters. The minimum atomic E-state index is 0.0262. The number of hydrogen-bond donors (Lipinski definition) is 1. The number of thioether (sulfide) groups is 1. The molecule has 1 saturated carbocycles. The molecule has 1 aliphatic rings. The summed E-state index contributed by atoms with van der Waals surface area (Å²) in [4.78, 5) is 12.1. The second-order valence-electron chi connectivity index (χ2n) is 7.24. The standard InChI is InChI=1S/C21H30N4OS/c1-2-25-19(14-13-17-9-5-3-6-10-17)23-24-21(25)27-16-20(26)22-15-18-11-7-4-8-12-18/h4,7-8,11-12,17H,2-3,5-6,9-10,13-16H2,1H3,(H,22,26). The Morgan fingerprint density at radius 1 is 1.19 bits per heavy atom. The van der Waals surface area contributed by atoms with Crippen molar-refractivity contribution < 1.29 is 4.79 Å². The van der Waals surface area contributed by atoms with Crippen LogP contribution in [0, 0.1) is 5.92 Å². The summed E-state index contributed by atoms with van der Waals surface area (Å²) in [5.74, 6) is 2.31. The third-order valence-electron chi connectivity index (χ3n) is 5.28. The van der Waals surface area contributed by atoms with Crippen molar-refractivity contribution in [3.8, 4) is 0 Å². The SMILES string of the molecule is CCn1c(CCC2CCCCC2)nnc1SCC(=O)NCc1ccccc1. The number of rotatable bonds is 9. The highest BCUT2D eigenvalue weighted by Crippen LogP contribution is 2.27. The van der Waals surface area contributed by atoms with Crippen molar-refractivity contribution in [2.45, 2.75) is 70.1 Å². The van der Waals surface area contributed by atoms with Crippen molar-refractivity contribution in [2.24, 2.45) is 5.92 Å². The Bertz CT molecular complexity index is 710. The number of aryl methyl sites for hydroxylation is 1. The Morgan fingerprint density at radius 3 is 2.70 bits per heavy atom. The number of aromatic nitrogens is 3. The highest BCUT2D eigenvalue weighted by molar-refractivity contribution is 7.99. The van der Waals surface area contributed by atoms with E-state index in [1.807, 2.05) is 30.3 Å². The molecule has 146 valence electrons. The van der Waals surface area contributed by atoms with Gasteiger partial charge in [0.15, 0.2) is 5.16 Å². The van der Waals surface area contributed by atoms with E-state index in [1.165, 1.54) is 50.3 Å². The van der Waals surface area contributed by atoms with E-state index in [0.29, 0.717) is 12.3 Å². The van der Waals surface area contributed by atoms with Crippen molar-refractivity contribution in [3.63, 3.8) is 0 Å². The van der Waals surface area contributed by atoms with Crippen LogP contribution < -0.4 is 5.32 Å². The molecule has 1 aliphatic carbocycles. The van der Waals surface area contributed by atoms with Gasteiger partial charge in [0.25, 0.3) is 0 Å². The summed E-state index contributed by atoms with van der Waals surface area (Å²) in [6.45, 7) is 3.53. The van der Waals surface area contributed by atoms with Crippen molar-refractivity contribution in [2.75, 3.05) is 5.75 Å². The van der Waals surface area contributed by atoms with E-state index >= 15 is 0 Å². The first-order chi connectivity index (χ1) is 13.3. The van der Waals surface area contributed by atoms with Crippen LogP contribution in [0.4, 0.5) is 0 Å². The fourth-order valence-corrected chi connectivity index (χ4v) is 4.57. The lowest BCUT2D eigenvalue weighted by Gasteiger charge is -2.21. The second-order valence-corrected chi connectivity index (χ2v) is 8.18. The summed E-state index contributed by atoms with van der Waals surface area (Å²) in [6.07, 6.45) is 9.09. The van der Waals surface area contributed by atoms with Gasteiger partial charge < -0.3 is 9.88 Å². The maximum atomic E-state index is 12.1. The summed E-state index contributed by atoms with van der Waals surface area (Å²) in [5, 5.41) is 12.6. The Labute approximate surface area is 166 Å². The Balaban J connectivity index is 1.46. The van der Waals surface area contributed by atoms with E-state index in [4.69, 9.17) is 0 Å². The number of hydrogen-bond acceptors (Lipinski definition) is 4. The average Bonchev–Trinajstić information content (AvgIpc) is 3.12. The monoisotopic (exact) mass is 386 g/mol. The molecule has 5 nitrogen and oxygen atoms in total. The molecular formula is C21H30N4OS. The van der Waals surface area contributed by atoms with E-state index in [9.17, 15) is 4.79 Å². The van der Waals surface area contributed by atoms with Gasteiger partial charge in [-0.25, -0.2) is 0 Å². The Kier molecular flexibility index (Phi) is 7.75. The minimum absolute atomic E-state index is 0.0262. The lowest BCUT2D eigenvalue weighted by Crippen LogP contribution is -2.24. The number of benzene rings is 1. The zero-order valence-corrected chi connectivity index (χ0v) is 17.0. The maximum absolute atomic E-state index is 12.1. The normalized spacial score (nSPS) is 15.0. The third kappa shape index (κ3) is 6.09. The second kappa shape index (κ2) is 10.5. The van der Waals surface area contributed by atoms with Crippen LogP contribution in [0.3, 0.4) is 0 Å².